The minimum Gasteiger partial charge on any atom is -0.375 e. The predicted octanol–water partition coefficient (Wildman–Crippen LogP) is 2.99. The van der Waals surface area contributed by atoms with E-state index in [1.165, 1.54) is 12.7 Å². The summed E-state index contributed by atoms with van der Waals surface area (Å²) in [4.78, 5) is 28.9. The Morgan fingerprint density at radius 1 is 1.07 bits per heavy atom. The Hall–Kier alpha value is -3.19. The van der Waals surface area contributed by atoms with Gasteiger partial charge in [-0.1, -0.05) is 18.2 Å². The van der Waals surface area contributed by atoms with Crippen molar-refractivity contribution < 1.29 is 14.3 Å². The van der Waals surface area contributed by atoms with Gasteiger partial charge in [-0.15, -0.1) is 0 Å². The van der Waals surface area contributed by atoms with Crippen LogP contribution in [0.25, 0.3) is 11.0 Å². The van der Waals surface area contributed by atoms with Gasteiger partial charge in [-0.05, 0) is 55.7 Å². The van der Waals surface area contributed by atoms with Crippen LogP contribution in [0.5, 0.6) is 0 Å². The lowest BCUT2D eigenvalue weighted by atomic mass is 10.1. The van der Waals surface area contributed by atoms with Gasteiger partial charge in [-0.25, -0.2) is 4.98 Å². The summed E-state index contributed by atoms with van der Waals surface area (Å²) in [5, 5.41) is 5.79. The molecule has 0 aliphatic carbocycles. The van der Waals surface area contributed by atoms with Crippen molar-refractivity contribution in [2.75, 3.05) is 25.6 Å². The molecule has 0 radical (unpaired) electrons. The van der Waals surface area contributed by atoms with E-state index < -0.39 is 0 Å². The standard InChI is InChI=1S/C23H28N4O3/c1-16-10-11-18(13-17(16)2)25-22(28)14-27-20-8-5-4-7-19(20)26-21(27)9-6-12-24-23(29)15-30-3/h4-5,7-8,10-11,13H,6,9,12,14-15H2,1-3H3,(H,24,29)(H,25,28). The number of carbonyl (C=O) groups excluding carboxylic acids is 2. The van der Waals surface area contributed by atoms with E-state index in [0.717, 1.165) is 34.5 Å². The van der Waals surface area contributed by atoms with Crippen molar-refractivity contribution in [2.24, 2.45) is 0 Å². The van der Waals surface area contributed by atoms with Gasteiger partial charge in [0.25, 0.3) is 0 Å². The summed E-state index contributed by atoms with van der Waals surface area (Å²) in [6.45, 7) is 4.83. The lowest BCUT2D eigenvalue weighted by molar-refractivity contribution is -0.124. The predicted molar refractivity (Wildman–Crippen MR) is 117 cm³/mol. The minimum absolute atomic E-state index is 0.0527. The van der Waals surface area contributed by atoms with Gasteiger partial charge in [0.15, 0.2) is 0 Å². The summed E-state index contributed by atoms with van der Waals surface area (Å²) in [7, 11) is 1.49. The van der Waals surface area contributed by atoms with E-state index in [2.05, 4.69) is 10.6 Å². The first-order valence-corrected chi connectivity index (χ1v) is 10.0. The Labute approximate surface area is 176 Å². The lowest BCUT2D eigenvalue weighted by Gasteiger charge is -2.11. The molecule has 0 aliphatic heterocycles. The number of anilines is 1. The number of imidazole rings is 1. The molecule has 30 heavy (non-hydrogen) atoms. The lowest BCUT2D eigenvalue weighted by Crippen LogP contribution is -2.28. The smallest absolute Gasteiger partial charge is 0.245 e. The number of amides is 2. The number of fused-ring (bicyclic) bond motifs is 1. The quantitative estimate of drug-likeness (QED) is 0.533. The first kappa shape index (κ1) is 21.5. The Kier molecular flexibility index (Phi) is 7.19. The van der Waals surface area contributed by atoms with Crippen LogP contribution in [-0.2, 0) is 27.3 Å². The highest BCUT2D eigenvalue weighted by Crippen LogP contribution is 2.18. The molecule has 7 nitrogen and oxygen atoms in total. The summed E-state index contributed by atoms with van der Waals surface area (Å²) < 4.78 is 6.76. The molecule has 0 atom stereocenters. The molecule has 7 heteroatoms. The van der Waals surface area contributed by atoms with Crippen molar-refractivity contribution in [3.8, 4) is 0 Å². The molecule has 0 unspecified atom stereocenters. The normalized spacial score (nSPS) is 10.9. The molecule has 2 aromatic carbocycles. The highest BCUT2D eigenvalue weighted by molar-refractivity contribution is 5.92. The van der Waals surface area contributed by atoms with Gasteiger partial charge >= 0.3 is 0 Å². The molecule has 0 fully saturated rings. The van der Waals surface area contributed by atoms with Crippen molar-refractivity contribution in [3.63, 3.8) is 0 Å². The van der Waals surface area contributed by atoms with E-state index >= 15 is 0 Å². The second kappa shape index (κ2) is 10.0. The highest BCUT2D eigenvalue weighted by atomic mass is 16.5. The maximum absolute atomic E-state index is 12.7. The largest absolute Gasteiger partial charge is 0.375 e. The van der Waals surface area contributed by atoms with Gasteiger partial charge in [0.1, 0.15) is 19.0 Å². The summed E-state index contributed by atoms with van der Waals surface area (Å²) in [5.74, 6) is 0.585. The fourth-order valence-corrected chi connectivity index (χ4v) is 3.31. The fourth-order valence-electron chi connectivity index (χ4n) is 3.31. The highest BCUT2D eigenvalue weighted by Gasteiger charge is 2.14. The number of nitrogens with zero attached hydrogens (tertiary/aromatic N) is 2. The van der Waals surface area contributed by atoms with Crippen molar-refractivity contribution in [1.29, 1.82) is 0 Å². The molecule has 0 aliphatic rings. The third kappa shape index (κ3) is 5.45. The number of carbonyl (C=O) groups is 2. The minimum atomic E-state index is -0.140. The molecule has 3 aromatic rings. The van der Waals surface area contributed by atoms with Crippen LogP contribution in [0.3, 0.4) is 0 Å². The topological polar surface area (TPSA) is 85.2 Å². The number of rotatable bonds is 9. The maximum atomic E-state index is 12.7. The van der Waals surface area contributed by atoms with Crippen molar-refractivity contribution in [3.05, 3.63) is 59.4 Å². The number of ether oxygens (including phenoxy) is 1. The van der Waals surface area contributed by atoms with Crippen LogP contribution < -0.4 is 10.6 Å². The van der Waals surface area contributed by atoms with Gasteiger partial charge in [-0.2, -0.15) is 0 Å². The third-order valence-electron chi connectivity index (χ3n) is 5.00. The number of para-hydroxylation sites is 2. The SMILES string of the molecule is COCC(=O)NCCCc1nc2ccccc2n1CC(=O)Nc1ccc(C)c(C)c1. The van der Waals surface area contributed by atoms with E-state index in [4.69, 9.17) is 9.72 Å². The molecule has 0 saturated heterocycles. The van der Waals surface area contributed by atoms with Crippen LogP contribution >= 0.6 is 0 Å². The van der Waals surface area contributed by atoms with E-state index in [1.807, 2.05) is 60.9 Å². The summed E-state index contributed by atoms with van der Waals surface area (Å²) in [6.07, 6.45) is 1.37. The van der Waals surface area contributed by atoms with Crippen LogP contribution in [0.2, 0.25) is 0 Å². The van der Waals surface area contributed by atoms with E-state index in [0.29, 0.717) is 13.0 Å². The number of nitrogens with one attached hydrogen (secondary N) is 2. The van der Waals surface area contributed by atoms with Gasteiger partial charge < -0.3 is 19.9 Å². The second-order valence-corrected chi connectivity index (χ2v) is 7.34. The van der Waals surface area contributed by atoms with Crippen molar-refractivity contribution in [2.45, 2.75) is 33.2 Å². The van der Waals surface area contributed by atoms with E-state index in [9.17, 15) is 9.59 Å². The average molecular weight is 409 g/mol. The summed E-state index contributed by atoms with van der Waals surface area (Å²) in [5.41, 5.74) is 4.89. The fraction of sp³-hybridized carbons (Fsp3) is 0.348. The van der Waals surface area contributed by atoms with Crippen LogP contribution in [0.4, 0.5) is 5.69 Å². The Bertz CT molecular complexity index is 1040. The number of aryl methyl sites for hydroxylation is 3. The van der Waals surface area contributed by atoms with E-state index in [1.54, 1.807) is 0 Å². The number of hydrogen-bond donors (Lipinski definition) is 2. The molecule has 0 saturated carbocycles. The van der Waals surface area contributed by atoms with Gasteiger partial charge in [0.2, 0.25) is 11.8 Å². The zero-order valence-electron chi connectivity index (χ0n) is 17.7. The molecule has 2 amide bonds. The van der Waals surface area contributed by atoms with Crippen molar-refractivity contribution >= 4 is 28.5 Å². The Balaban J connectivity index is 1.70. The monoisotopic (exact) mass is 408 g/mol. The number of hydrogen-bond acceptors (Lipinski definition) is 4. The average Bonchev–Trinajstić information content (AvgIpc) is 3.06. The molecular weight excluding hydrogens is 380 g/mol. The molecule has 158 valence electrons. The Morgan fingerprint density at radius 2 is 1.87 bits per heavy atom. The van der Waals surface area contributed by atoms with Gasteiger partial charge in [0.05, 0.1) is 11.0 Å². The van der Waals surface area contributed by atoms with Gasteiger partial charge in [0, 0.05) is 25.8 Å². The summed E-state index contributed by atoms with van der Waals surface area (Å²) in [6, 6.07) is 13.7. The van der Waals surface area contributed by atoms with Crippen LogP contribution in [0.15, 0.2) is 42.5 Å². The number of aromatic nitrogens is 2. The first-order valence-electron chi connectivity index (χ1n) is 10.0. The zero-order chi connectivity index (χ0) is 21.5. The number of methoxy groups -OCH3 is 1. The molecule has 2 N–H and O–H groups in total. The second-order valence-electron chi connectivity index (χ2n) is 7.34. The molecule has 3 rings (SSSR count). The van der Waals surface area contributed by atoms with Crippen molar-refractivity contribution in [1.82, 2.24) is 14.9 Å². The third-order valence-corrected chi connectivity index (χ3v) is 5.00. The number of benzene rings is 2. The zero-order valence-corrected chi connectivity index (χ0v) is 17.7. The first-order chi connectivity index (χ1) is 14.5. The molecule has 1 aromatic heterocycles. The molecule has 0 bridgehead atoms. The van der Waals surface area contributed by atoms with Crippen LogP contribution in [-0.4, -0.2) is 41.6 Å². The molecular formula is C23H28N4O3. The molecule has 1 heterocycles. The Morgan fingerprint density at radius 3 is 2.63 bits per heavy atom. The molecule has 0 spiro atoms. The van der Waals surface area contributed by atoms with Gasteiger partial charge in [-0.3, -0.25) is 9.59 Å². The van der Waals surface area contributed by atoms with Crippen LogP contribution in [0, 0.1) is 13.8 Å². The maximum Gasteiger partial charge on any atom is 0.245 e. The van der Waals surface area contributed by atoms with Crippen LogP contribution in [0.1, 0.15) is 23.4 Å². The van der Waals surface area contributed by atoms with E-state index in [-0.39, 0.29) is 25.0 Å². The summed E-state index contributed by atoms with van der Waals surface area (Å²) >= 11 is 0.